The van der Waals surface area contributed by atoms with Crippen molar-refractivity contribution in [3.8, 4) is 5.75 Å². The van der Waals surface area contributed by atoms with Gasteiger partial charge in [0.05, 0.1) is 6.61 Å². The Hall–Kier alpha value is -2.03. The van der Waals surface area contributed by atoms with Crippen molar-refractivity contribution in [3.05, 3.63) is 59.4 Å². The molecule has 0 amide bonds. The summed E-state index contributed by atoms with van der Waals surface area (Å²) >= 11 is 0. The van der Waals surface area contributed by atoms with Gasteiger partial charge in [0.2, 0.25) is 0 Å². The molecule has 2 aromatic rings. The lowest BCUT2D eigenvalue weighted by molar-refractivity contribution is 0.357. The smallest absolute Gasteiger partial charge is 0.123 e. The topological polar surface area (TPSA) is 21.3 Å². The summed E-state index contributed by atoms with van der Waals surface area (Å²) in [6, 6.07) is 13.2. The number of hydrogen-bond acceptors (Lipinski definition) is 2. The minimum atomic E-state index is -0.187. The second-order valence-corrected chi connectivity index (χ2v) is 5.30. The third kappa shape index (κ3) is 2.93. The highest BCUT2D eigenvalue weighted by molar-refractivity contribution is 5.53. The maximum absolute atomic E-state index is 12.9. The summed E-state index contributed by atoms with van der Waals surface area (Å²) in [6.07, 6.45) is 1.85. The van der Waals surface area contributed by atoms with Crippen LogP contribution in [0.4, 0.5) is 10.1 Å². The van der Waals surface area contributed by atoms with Gasteiger partial charge in [0.25, 0.3) is 0 Å². The molecule has 0 bridgehead atoms. The molecule has 0 aliphatic carbocycles. The minimum absolute atomic E-state index is 0.187. The van der Waals surface area contributed by atoms with E-state index in [4.69, 9.17) is 4.74 Å². The Morgan fingerprint density at radius 3 is 2.80 bits per heavy atom. The van der Waals surface area contributed by atoms with Crippen molar-refractivity contribution in [2.75, 3.05) is 11.9 Å². The molecule has 104 valence electrons. The van der Waals surface area contributed by atoms with Gasteiger partial charge in [-0.15, -0.1) is 0 Å². The van der Waals surface area contributed by atoms with Crippen LogP contribution in [0.25, 0.3) is 0 Å². The summed E-state index contributed by atoms with van der Waals surface area (Å²) < 4.78 is 18.4. The Bertz CT molecular complexity index is 594. The molecule has 1 unspecified atom stereocenters. The van der Waals surface area contributed by atoms with Crippen molar-refractivity contribution in [1.29, 1.82) is 0 Å². The molecule has 0 radical (unpaired) electrons. The van der Waals surface area contributed by atoms with Crippen LogP contribution >= 0.6 is 0 Å². The third-order valence-corrected chi connectivity index (χ3v) is 3.56. The summed E-state index contributed by atoms with van der Waals surface area (Å²) in [4.78, 5) is 0. The van der Waals surface area contributed by atoms with Crippen LogP contribution in [0.5, 0.6) is 5.75 Å². The summed E-state index contributed by atoms with van der Waals surface area (Å²) in [6.45, 7) is 2.91. The van der Waals surface area contributed by atoms with Gasteiger partial charge in [0.1, 0.15) is 11.6 Å². The van der Waals surface area contributed by atoms with E-state index in [1.807, 2.05) is 24.3 Å². The SMILES string of the molecule is CC(Cc1ccc(F)cc1)Nc1ccc2c(c1)CCO2. The second kappa shape index (κ2) is 5.53. The van der Waals surface area contributed by atoms with Crippen LogP contribution in [0.2, 0.25) is 0 Å². The molecule has 1 atom stereocenters. The number of halogens is 1. The molecule has 1 aliphatic heterocycles. The molecule has 0 aromatic heterocycles. The summed E-state index contributed by atoms with van der Waals surface area (Å²) in [5.41, 5.74) is 3.52. The minimum Gasteiger partial charge on any atom is -0.493 e. The van der Waals surface area contributed by atoms with Crippen LogP contribution in [-0.4, -0.2) is 12.6 Å². The zero-order valence-corrected chi connectivity index (χ0v) is 11.5. The molecule has 0 saturated carbocycles. The molecular weight excluding hydrogens is 253 g/mol. The van der Waals surface area contributed by atoms with Gasteiger partial charge in [-0.2, -0.15) is 0 Å². The number of fused-ring (bicyclic) bond motifs is 1. The fourth-order valence-corrected chi connectivity index (χ4v) is 2.59. The average molecular weight is 271 g/mol. The van der Waals surface area contributed by atoms with Gasteiger partial charge in [0, 0.05) is 18.2 Å². The lowest BCUT2D eigenvalue weighted by Gasteiger charge is -2.16. The summed E-state index contributed by atoms with van der Waals surface area (Å²) in [5, 5.41) is 3.49. The van der Waals surface area contributed by atoms with E-state index < -0.39 is 0 Å². The van der Waals surface area contributed by atoms with Crippen molar-refractivity contribution in [2.45, 2.75) is 25.8 Å². The average Bonchev–Trinajstić information content (AvgIpc) is 2.89. The zero-order chi connectivity index (χ0) is 13.9. The van der Waals surface area contributed by atoms with Crippen LogP contribution in [-0.2, 0) is 12.8 Å². The maximum atomic E-state index is 12.9. The Kier molecular flexibility index (Phi) is 3.59. The van der Waals surface area contributed by atoms with E-state index in [9.17, 15) is 4.39 Å². The first-order chi connectivity index (χ1) is 9.70. The van der Waals surface area contributed by atoms with Crippen molar-refractivity contribution >= 4 is 5.69 Å². The Balaban J connectivity index is 1.63. The van der Waals surface area contributed by atoms with E-state index in [1.54, 1.807) is 0 Å². The van der Waals surface area contributed by atoms with E-state index in [-0.39, 0.29) is 5.82 Å². The van der Waals surface area contributed by atoms with Crippen LogP contribution in [0, 0.1) is 5.82 Å². The van der Waals surface area contributed by atoms with Gasteiger partial charge >= 0.3 is 0 Å². The zero-order valence-electron chi connectivity index (χ0n) is 11.5. The molecule has 0 fully saturated rings. The maximum Gasteiger partial charge on any atom is 0.123 e. The van der Waals surface area contributed by atoms with E-state index in [2.05, 4.69) is 18.3 Å². The molecule has 1 heterocycles. The highest BCUT2D eigenvalue weighted by Crippen LogP contribution is 2.28. The molecule has 20 heavy (non-hydrogen) atoms. The van der Waals surface area contributed by atoms with E-state index in [0.717, 1.165) is 36.4 Å². The number of anilines is 1. The first kappa shape index (κ1) is 13.0. The van der Waals surface area contributed by atoms with Gasteiger partial charge < -0.3 is 10.1 Å². The summed E-state index contributed by atoms with van der Waals surface area (Å²) in [5.74, 6) is 0.815. The van der Waals surface area contributed by atoms with E-state index >= 15 is 0 Å². The molecule has 2 nitrogen and oxygen atoms in total. The Morgan fingerprint density at radius 1 is 1.20 bits per heavy atom. The molecular formula is C17H18FNO. The normalized spacial score (nSPS) is 14.5. The Morgan fingerprint density at radius 2 is 2.00 bits per heavy atom. The standard InChI is InChI=1S/C17H18FNO/c1-12(10-13-2-4-15(18)5-3-13)19-16-6-7-17-14(11-16)8-9-20-17/h2-7,11-12,19H,8-10H2,1H3. The van der Waals surface area contributed by atoms with Crippen molar-refractivity contribution < 1.29 is 9.13 Å². The van der Waals surface area contributed by atoms with E-state index in [0.29, 0.717) is 6.04 Å². The molecule has 0 saturated heterocycles. The second-order valence-electron chi connectivity index (χ2n) is 5.30. The molecule has 1 N–H and O–H groups in total. The van der Waals surface area contributed by atoms with Crippen LogP contribution in [0.1, 0.15) is 18.1 Å². The number of benzene rings is 2. The largest absolute Gasteiger partial charge is 0.493 e. The van der Waals surface area contributed by atoms with Gasteiger partial charge in [-0.1, -0.05) is 12.1 Å². The number of ether oxygens (including phenoxy) is 1. The third-order valence-electron chi connectivity index (χ3n) is 3.56. The van der Waals surface area contributed by atoms with Gasteiger partial charge in [-0.05, 0) is 54.8 Å². The van der Waals surface area contributed by atoms with Crippen LogP contribution in [0.15, 0.2) is 42.5 Å². The molecule has 2 aromatic carbocycles. The Labute approximate surface area is 118 Å². The van der Waals surface area contributed by atoms with Crippen molar-refractivity contribution in [2.24, 2.45) is 0 Å². The summed E-state index contributed by atoms with van der Waals surface area (Å²) in [7, 11) is 0. The number of nitrogens with one attached hydrogen (secondary N) is 1. The molecule has 0 spiro atoms. The van der Waals surface area contributed by atoms with Crippen LogP contribution < -0.4 is 10.1 Å². The molecule has 1 aliphatic rings. The van der Waals surface area contributed by atoms with Gasteiger partial charge in [-0.25, -0.2) is 4.39 Å². The molecule has 3 heteroatoms. The lowest BCUT2D eigenvalue weighted by Crippen LogP contribution is -2.18. The first-order valence-corrected chi connectivity index (χ1v) is 6.97. The number of rotatable bonds is 4. The monoisotopic (exact) mass is 271 g/mol. The first-order valence-electron chi connectivity index (χ1n) is 6.97. The van der Waals surface area contributed by atoms with Crippen molar-refractivity contribution in [3.63, 3.8) is 0 Å². The highest BCUT2D eigenvalue weighted by Gasteiger charge is 2.12. The fourth-order valence-electron chi connectivity index (χ4n) is 2.59. The quantitative estimate of drug-likeness (QED) is 0.913. The number of hydrogen-bond donors (Lipinski definition) is 1. The molecule has 3 rings (SSSR count). The fraction of sp³-hybridized carbons (Fsp3) is 0.294. The predicted octanol–water partition coefficient (Wildman–Crippen LogP) is 3.80. The van der Waals surface area contributed by atoms with Crippen LogP contribution in [0.3, 0.4) is 0 Å². The van der Waals surface area contributed by atoms with Crippen molar-refractivity contribution in [1.82, 2.24) is 0 Å². The predicted molar refractivity (Wildman–Crippen MR) is 78.8 cm³/mol. The lowest BCUT2D eigenvalue weighted by atomic mass is 10.1. The van der Waals surface area contributed by atoms with E-state index in [1.165, 1.54) is 17.7 Å². The highest BCUT2D eigenvalue weighted by atomic mass is 19.1. The van der Waals surface area contributed by atoms with Gasteiger partial charge in [0.15, 0.2) is 0 Å². The van der Waals surface area contributed by atoms with Gasteiger partial charge in [-0.3, -0.25) is 0 Å².